The Hall–Kier alpha value is -1.92. The fourth-order valence-electron chi connectivity index (χ4n) is 1.83. The maximum absolute atomic E-state index is 12.8. The predicted molar refractivity (Wildman–Crippen MR) is 81.1 cm³/mol. The van der Waals surface area contributed by atoms with Crippen LogP contribution in [0.15, 0.2) is 53.4 Å². The van der Waals surface area contributed by atoms with Crippen molar-refractivity contribution in [3.8, 4) is 0 Å². The molecule has 6 heteroatoms. The van der Waals surface area contributed by atoms with Crippen LogP contribution in [0, 0.1) is 5.82 Å². The first-order valence-corrected chi connectivity index (χ1v) is 7.96. The van der Waals surface area contributed by atoms with Gasteiger partial charge in [0, 0.05) is 11.7 Å². The Balaban J connectivity index is 2.21. The monoisotopic (exact) mass is 308 g/mol. The number of hydrogen-bond donors (Lipinski definition) is 2. The van der Waals surface area contributed by atoms with E-state index in [0.717, 1.165) is 5.56 Å². The highest BCUT2D eigenvalue weighted by atomic mass is 32.2. The van der Waals surface area contributed by atoms with Gasteiger partial charge in [0.15, 0.2) is 0 Å². The number of rotatable bonds is 5. The molecule has 0 aromatic heterocycles. The Morgan fingerprint density at radius 2 is 1.57 bits per heavy atom. The predicted octanol–water partition coefficient (Wildman–Crippen LogP) is 2.91. The van der Waals surface area contributed by atoms with E-state index in [2.05, 4.69) is 10.0 Å². The molecule has 0 saturated heterocycles. The second kappa shape index (κ2) is 6.24. The van der Waals surface area contributed by atoms with E-state index in [1.165, 1.54) is 24.3 Å². The quantitative estimate of drug-likeness (QED) is 0.893. The van der Waals surface area contributed by atoms with Crippen LogP contribution in [0.5, 0.6) is 0 Å². The lowest BCUT2D eigenvalue weighted by Gasteiger charge is -2.12. The van der Waals surface area contributed by atoms with E-state index in [4.69, 9.17) is 0 Å². The average Bonchev–Trinajstić information content (AvgIpc) is 2.49. The normalized spacial score (nSPS) is 12.9. The fraction of sp³-hybridized carbons (Fsp3) is 0.200. The zero-order chi connectivity index (χ0) is 15.5. The smallest absolute Gasteiger partial charge is 0.261 e. The number of nitrogens with one attached hydrogen (secondary N) is 2. The lowest BCUT2D eigenvalue weighted by atomic mass is 10.1. The largest absolute Gasteiger partial charge is 0.313 e. The van der Waals surface area contributed by atoms with Crippen LogP contribution in [0.4, 0.5) is 10.1 Å². The topological polar surface area (TPSA) is 58.2 Å². The number of halogens is 1. The SMILES string of the molecule is CNC(C)c1ccc(S(=O)(=O)Nc2ccc(F)cc2)cc1. The third-order valence-corrected chi connectivity index (χ3v) is 4.62. The van der Waals surface area contributed by atoms with Crippen molar-refractivity contribution < 1.29 is 12.8 Å². The van der Waals surface area contributed by atoms with Crippen molar-refractivity contribution in [1.29, 1.82) is 0 Å². The Kier molecular flexibility index (Phi) is 4.59. The molecule has 21 heavy (non-hydrogen) atoms. The van der Waals surface area contributed by atoms with Crippen LogP contribution in [0.3, 0.4) is 0 Å². The fourth-order valence-corrected chi connectivity index (χ4v) is 2.89. The van der Waals surface area contributed by atoms with E-state index in [1.807, 2.05) is 14.0 Å². The van der Waals surface area contributed by atoms with E-state index in [-0.39, 0.29) is 10.9 Å². The molecule has 0 radical (unpaired) electrons. The molecule has 2 aromatic rings. The summed E-state index contributed by atoms with van der Waals surface area (Å²) >= 11 is 0. The molecule has 1 atom stereocenters. The van der Waals surface area contributed by atoms with Crippen LogP contribution >= 0.6 is 0 Å². The first kappa shape index (κ1) is 15.5. The number of benzene rings is 2. The molecule has 0 amide bonds. The molecule has 2 N–H and O–H groups in total. The zero-order valence-electron chi connectivity index (χ0n) is 11.8. The molecule has 2 aromatic carbocycles. The summed E-state index contributed by atoms with van der Waals surface area (Å²) in [5.74, 6) is -0.414. The molecule has 0 fully saturated rings. The second-order valence-electron chi connectivity index (χ2n) is 4.69. The number of anilines is 1. The van der Waals surface area contributed by atoms with Gasteiger partial charge in [-0.25, -0.2) is 12.8 Å². The molecule has 0 aliphatic carbocycles. The third-order valence-electron chi connectivity index (χ3n) is 3.22. The van der Waals surface area contributed by atoms with Gasteiger partial charge >= 0.3 is 0 Å². The van der Waals surface area contributed by atoms with E-state index in [0.29, 0.717) is 5.69 Å². The van der Waals surface area contributed by atoms with Gasteiger partial charge in [-0.3, -0.25) is 4.72 Å². The van der Waals surface area contributed by atoms with Crippen LogP contribution in [-0.2, 0) is 10.0 Å². The summed E-state index contributed by atoms with van der Waals surface area (Å²) in [7, 11) is -1.83. The molecule has 0 bridgehead atoms. The molecule has 112 valence electrons. The molecular formula is C15H17FN2O2S. The molecule has 4 nitrogen and oxygen atoms in total. The maximum Gasteiger partial charge on any atom is 0.261 e. The Labute approximate surface area is 124 Å². The highest BCUT2D eigenvalue weighted by Gasteiger charge is 2.14. The Bertz CT molecular complexity index is 697. The molecule has 2 rings (SSSR count). The first-order valence-electron chi connectivity index (χ1n) is 6.48. The van der Waals surface area contributed by atoms with E-state index < -0.39 is 15.8 Å². The first-order chi connectivity index (χ1) is 9.92. The average molecular weight is 308 g/mol. The van der Waals surface area contributed by atoms with Crippen LogP contribution in [0.25, 0.3) is 0 Å². The summed E-state index contributed by atoms with van der Waals surface area (Å²) < 4.78 is 39.7. The van der Waals surface area contributed by atoms with Gasteiger partial charge in [-0.1, -0.05) is 12.1 Å². The van der Waals surface area contributed by atoms with Crippen molar-refractivity contribution in [3.63, 3.8) is 0 Å². The molecule has 0 aliphatic rings. The zero-order valence-corrected chi connectivity index (χ0v) is 12.6. The summed E-state index contributed by atoms with van der Waals surface area (Å²) in [6.45, 7) is 1.99. The highest BCUT2D eigenvalue weighted by Crippen LogP contribution is 2.19. The van der Waals surface area contributed by atoms with E-state index in [9.17, 15) is 12.8 Å². The van der Waals surface area contributed by atoms with E-state index in [1.54, 1.807) is 24.3 Å². The van der Waals surface area contributed by atoms with Crippen molar-refractivity contribution in [2.24, 2.45) is 0 Å². The highest BCUT2D eigenvalue weighted by molar-refractivity contribution is 7.92. The summed E-state index contributed by atoms with van der Waals surface area (Å²) in [6, 6.07) is 11.9. The number of sulfonamides is 1. The van der Waals surface area contributed by atoms with Gasteiger partial charge in [0.05, 0.1) is 4.90 Å². The maximum atomic E-state index is 12.8. The lowest BCUT2D eigenvalue weighted by molar-refractivity contribution is 0.600. The van der Waals surface area contributed by atoms with Crippen LogP contribution in [-0.4, -0.2) is 15.5 Å². The van der Waals surface area contributed by atoms with Gasteiger partial charge in [0.2, 0.25) is 0 Å². The second-order valence-corrected chi connectivity index (χ2v) is 6.37. The number of hydrogen-bond acceptors (Lipinski definition) is 3. The minimum absolute atomic E-state index is 0.145. The Morgan fingerprint density at radius 3 is 2.10 bits per heavy atom. The molecule has 0 saturated carbocycles. The summed E-state index contributed by atoms with van der Waals surface area (Å²) in [5.41, 5.74) is 1.32. The van der Waals surface area contributed by atoms with Gasteiger partial charge in [-0.15, -0.1) is 0 Å². The Morgan fingerprint density at radius 1 is 1.00 bits per heavy atom. The van der Waals surface area contributed by atoms with Gasteiger partial charge in [-0.2, -0.15) is 0 Å². The van der Waals surface area contributed by atoms with Crippen molar-refractivity contribution >= 4 is 15.7 Å². The summed E-state index contributed by atoms with van der Waals surface area (Å²) in [4.78, 5) is 0.166. The summed E-state index contributed by atoms with van der Waals surface area (Å²) in [5, 5.41) is 3.08. The van der Waals surface area contributed by atoms with Crippen LogP contribution in [0.1, 0.15) is 18.5 Å². The molecular weight excluding hydrogens is 291 g/mol. The standard InChI is InChI=1S/C15H17FN2O2S/c1-11(17-2)12-3-9-15(10-4-12)21(19,20)18-14-7-5-13(16)6-8-14/h3-11,17-18H,1-2H3. The molecule has 0 heterocycles. The minimum atomic E-state index is -3.67. The van der Waals surface area contributed by atoms with E-state index >= 15 is 0 Å². The van der Waals surface area contributed by atoms with Gasteiger partial charge in [0.1, 0.15) is 5.82 Å². The molecule has 0 spiro atoms. The van der Waals surface area contributed by atoms with Crippen LogP contribution < -0.4 is 10.0 Å². The van der Waals surface area contributed by atoms with Crippen molar-refractivity contribution in [1.82, 2.24) is 5.32 Å². The molecule has 0 aliphatic heterocycles. The minimum Gasteiger partial charge on any atom is -0.313 e. The third kappa shape index (κ3) is 3.80. The van der Waals surface area contributed by atoms with Gasteiger partial charge < -0.3 is 5.32 Å². The van der Waals surface area contributed by atoms with Crippen LogP contribution in [0.2, 0.25) is 0 Å². The summed E-state index contributed by atoms with van der Waals surface area (Å²) in [6.07, 6.45) is 0. The lowest BCUT2D eigenvalue weighted by Crippen LogP contribution is -2.14. The van der Waals surface area contributed by atoms with Gasteiger partial charge in [0.25, 0.3) is 10.0 Å². The van der Waals surface area contributed by atoms with Crippen molar-refractivity contribution in [3.05, 3.63) is 59.9 Å². The van der Waals surface area contributed by atoms with Gasteiger partial charge in [-0.05, 0) is 55.9 Å². The van der Waals surface area contributed by atoms with Crippen molar-refractivity contribution in [2.45, 2.75) is 17.9 Å². The van der Waals surface area contributed by atoms with Crippen molar-refractivity contribution in [2.75, 3.05) is 11.8 Å². The molecule has 1 unspecified atom stereocenters.